The average molecular weight is 399 g/mol. The molecule has 0 spiro atoms. The number of aryl methyl sites for hydroxylation is 1. The molecule has 6 nitrogen and oxygen atoms in total. The predicted octanol–water partition coefficient (Wildman–Crippen LogP) is 4.31. The van der Waals surface area contributed by atoms with Crippen molar-refractivity contribution in [1.29, 1.82) is 0 Å². The second-order valence-electron chi connectivity index (χ2n) is 6.91. The molecule has 2 aromatic rings. The quantitative estimate of drug-likeness (QED) is 0.752. The number of nitrogens with one attached hydrogen (secondary N) is 1. The summed E-state index contributed by atoms with van der Waals surface area (Å²) < 4.78 is 22.3. The summed E-state index contributed by atoms with van der Waals surface area (Å²) in [7, 11) is 3.16. The van der Waals surface area contributed by atoms with E-state index in [-0.39, 0.29) is 11.9 Å². The van der Waals surface area contributed by atoms with Crippen molar-refractivity contribution in [2.45, 2.75) is 39.2 Å². The van der Waals surface area contributed by atoms with Crippen molar-refractivity contribution in [2.24, 2.45) is 0 Å². The van der Waals surface area contributed by atoms with Crippen molar-refractivity contribution in [2.75, 3.05) is 27.4 Å². The standard InChI is InChI=1S/C23H29NO5/c1-5-15-12-20(26-3)21(27-4)14-17(15)23(25)24-18(6-2)16-8-9-19-22(13-16)29-11-7-10-28-19/h8-9,12-14,18H,5-7,10-11H2,1-4H3,(H,24,25). The highest BCUT2D eigenvalue weighted by atomic mass is 16.5. The minimum Gasteiger partial charge on any atom is -0.493 e. The van der Waals surface area contributed by atoms with Gasteiger partial charge >= 0.3 is 0 Å². The molecule has 0 saturated heterocycles. The van der Waals surface area contributed by atoms with Gasteiger partial charge in [-0.15, -0.1) is 0 Å². The summed E-state index contributed by atoms with van der Waals surface area (Å²) in [5, 5.41) is 3.15. The number of fused-ring (bicyclic) bond motifs is 1. The van der Waals surface area contributed by atoms with Crippen molar-refractivity contribution < 1.29 is 23.7 Å². The number of methoxy groups -OCH3 is 2. The van der Waals surface area contributed by atoms with Gasteiger partial charge < -0.3 is 24.3 Å². The molecular formula is C23H29NO5. The Kier molecular flexibility index (Phi) is 6.86. The Morgan fingerprint density at radius 1 is 1.03 bits per heavy atom. The fraction of sp³-hybridized carbons (Fsp3) is 0.435. The molecule has 2 aromatic carbocycles. The van der Waals surface area contributed by atoms with Crippen LogP contribution in [0, 0.1) is 0 Å². The molecule has 1 N–H and O–H groups in total. The Morgan fingerprint density at radius 3 is 2.38 bits per heavy atom. The number of rotatable bonds is 7. The van der Waals surface area contributed by atoms with Crippen LogP contribution in [0.4, 0.5) is 0 Å². The van der Waals surface area contributed by atoms with Crippen LogP contribution in [0.15, 0.2) is 30.3 Å². The van der Waals surface area contributed by atoms with E-state index in [1.807, 2.05) is 38.1 Å². The van der Waals surface area contributed by atoms with Crippen LogP contribution in [0.2, 0.25) is 0 Å². The van der Waals surface area contributed by atoms with Crippen molar-refractivity contribution in [3.8, 4) is 23.0 Å². The summed E-state index contributed by atoms with van der Waals surface area (Å²) in [6.07, 6.45) is 2.32. The highest BCUT2D eigenvalue weighted by Gasteiger charge is 2.21. The van der Waals surface area contributed by atoms with Gasteiger partial charge in [0, 0.05) is 12.0 Å². The minimum absolute atomic E-state index is 0.137. The average Bonchev–Trinajstić information content (AvgIpc) is 3.01. The van der Waals surface area contributed by atoms with Crippen molar-refractivity contribution in [3.05, 3.63) is 47.0 Å². The van der Waals surface area contributed by atoms with E-state index >= 15 is 0 Å². The normalized spacial score (nSPS) is 13.9. The van der Waals surface area contributed by atoms with E-state index in [1.54, 1.807) is 20.3 Å². The fourth-order valence-corrected chi connectivity index (χ4v) is 3.48. The van der Waals surface area contributed by atoms with Gasteiger partial charge in [0.2, 0.25) is 0 Å². The van der Waals surface area contributed by atoms with E-state index < -0.39 is 0 Å². The van der Waals surface area contributed by atoms with Crippen LogP contribution in [0.5, 0.6) is 23.0 Å². The third kappa shape index (κ3) is 4.58. The molecule has 1 amide bonds. The van der Waals surface area contributed by atoms with E-state index in [0.717, 1.165) is 35.5 Å². The van der Waals surface area contributed by atoms with E-state index in [9.17, 15) is 4.79 Å². The Bertz CT molecular complexity index is 865. The zero-order chi connectivity index (χ0) is 20.8. The number of carbonyl (C=O) groups excluding carboxylic acids is 1. The summed E-state index contributed by atoms with van der Waals surface area (Å²) in [6, 6.07) is 9.33. The van der Waals surface area contributed by atoms with Crippen molar-refractivity contribution in [1.82, 2.24) is 5.32 Å². The molecule has 1 heterocycles. The Hall–Kier alpha value is -2.89. The van der Waals surface area contributed by atoms with Crippen LogP contribution in [0.1, 0.15) is 54.2 Å². The molecule has 1 unspecified atom stereocenters. The molecule has 29 heavy (non-hydrogen) atoms. The zero-order valence-corrected chi connectivity index (χ0v) is 17.5. The number of benzene rings is 2. The molecule has 1 aliphatic heterocycles. The predicted molar refractivity (Wildman–Crippen MR) is 111 cm³/mol. The van der Waals surface area contributed by atoms with Gasteiger partial charge in [0.05, 0.1) is 33.5 Å². The van der Waals surface area contributed by atoms with E-state index in [1.165, 1.54) is 0 Å². The molecule has 156 valence electrons. The van der Waals surface area contributed by atoms with Crippen LogP contribution in [0.3, 0.4) is 0 Å². The molecular weight excluding hydrogens is 370 g/mol. The molecule has 0 aromatic heterocycles. The molecule has 0 fully saturated rings. The monoisotopic (exact) mass is 399 g/mol. The van der Waals surface area contributed by atoms with Crippen LogP contribution in [-0.2, 0) is 6.42 Å². The van der Waals surface area contributed by atoms with Gasteiger partial charge in [0.25, 0.3) is 5.91 Å². The maximum absolute atomic E-state index is 13.1. The first-order chi connectivity index (χ1) is 14.1. The lowest BCUT2D eigenvalue weighted by atomic mass is 10.0. The number of carbonyl (C=O) groups is 1. The number of hydrogen-bond donors (Lipinski definition) is 1. The van der Waals surface area contributed by atoms with Crippen LogP contribution in [-0.4, -0.2) is 33.3 Å². The molecule has 1 aliphatic rings. The van der Waals surface area contributed by atoms with Gasteiger partial charge in [0.1, 0.15) is 0 Å². The summed E-state index contributed by atoms with van der Waals surface area (Å²) in [6.45, 7) is 5.34. The molecule has 1 atom stereocenters. The van der Waals surface area contributed by atoms with Crippen molar-refractivity contribution >= 4 is 5.91 Å². The minimum atomic E-state index is -0.141. The van der Waals surface area contributed by atoms with Crippen LogP contribution in [0.25, 0.3) is 0 Å². The maximum Gasteiger partial charge on any atom is 0.252 e. The molecule has 0 radical (unpaired) electrons. The first-order valence-corrected chi connectivity index (χ1v) is 10.1. The lowest BCUT2D eigenvalue weighted by molar-refractivity contribution is 0.0934. The Morgan fingerprint density at radius 2 is 1.72 bits per heavy atom. The van der Waals surface area contributed by atoms with Gasteiger partial charge in [-0.25, -0.2) is 0 Å². The number of ether oxygens (including phenoxy) is 4. The summed E-state index contributed by atoms with van der Waals surface area (Å²) >= 11 is 0. The van der Waals surface area contributed by atoms with E-state index in [0.29, 0.717) is 36.7 Å². The first-order valence-electron chi connectivity index (χ1n) is 10.1. The van der Waals surface area contributed by atoms with Crippen LogP contribution >= 0.6 is 0 Å². The molecule has 0 saturated carbocycles. The Labute approximate surface area is 172 Å². The first kappa shape index (κ1) is 20.8. The van der Waals surface area contributed by atoms with Gasteiger partial charge in [-0.05, 0) is 48.2 Å². The topological polar surface area (TPSA) is 66.0 Å². The third-order valence-electron chi connectivity index (χ3n) is 5.12. The smallest absolute Gasteiger partial charge is 0.252 e. The lowest BCUT2D eigenvalue weighted by Gasteiger charge is -2.20. The summed E-state index contributed by atoms with van der Waals surface area (Å²) in [5.41, 5.74) is 2.50. The molecule has 0 bridgehead atoms. The summed E-state index contributed by atoms with van der Waals surface area (Å²) in [5.74, 6) is 2.50. The second kappa shape index (κ2) is 9.54. The van der Waals surface area contributed by atoms with E-state index in [2.05, 4.69) is 5.32 Å². The fourth-order valence-electron chi connectivity index (χ4n) is 3.48. The SMILES string of the molecule is CCc1cc(OC)c(OC)cc1C(=O)NC(CC)c1ccc2c(c1)OCCCO2. The summed E-state index contributed by atoms with van der Waals surface area (Å²) in [4.78, 5) is 13.1. The van der Waals surface area contributed by atoms with Gasteiger partial charge in [-0.3, -0.25) is 4.79 Å². The number of hydrogen-bond acceptors (Lipinski definition) is 5. The highest BCUT2D eigenvalue weighted by molar-refractivity contribution is 5.96. The lowest BCUT2D eigenvalue weighted by Crippen LogP contribution is -2.29. The number of amides is 1. The third-order valence-corrected chi connectivity index (χ3v) is 5.12. The maximum atomic E-state index is 13.1. The highest BCUT2D eigenvalue weighted by Crippen LogP contribution is 2.34. The molecule has 6 heteroatoms. The van der Waals surface area contributed by atoms with Crippen LogP contribution < -0.4 is 24.3 Å². The Balaban J connectivity index is 1.86. The largest absolute Gasteiger partial charge is 0.493 e. The zero-order valence-electron chi connectivity index (χ0n) is 17.5. The van der Waals surface area contributed by atoms with Gasteiger partial charge in [-0.2, -0.15) is 0 Å². The van der Waals surface area contributed by atoms with E-state index in [4.69, 9.17) is 18.9 Å². The molecule has 3 rings (SSSR count). The van der Waals surface area contributed by atoms with Crippen molar-refractivity contribution in [3.63, 3.8) is 0 Å². The van der Waals surface area contributed by atoms with Gasteiger partial charge in [-0.1, -0.05) is 19.9 Å². The second-order valence-corrected chi connectivity index (χ2v) is 6.91. The van der Waals surface area contributed by atoms with Gasteiger partial charge in [0.15, 0.2) is 23.0 Å². The molecule has 0 aliphatic carbocycles.